The molecule has 0 spiro atoms. The van der Waals surface area contributed by atoms with Crippen molar-refractivity contribution in [3.05, 3.63) is 47.0 Å². The van der Waals surface area contributed by atoms with Crippen molar-refractivity contribution in [3.8, 4) is 11.5 Å². The molecule has 1 aliphatic heterocycles. The number of nitrogens with one attached hydrogen (secondary N) is 1. The third-order valence-corrected chi connectivity index (χ3v) is 4.87. The van der Waals surface area contributed by atoms with Crippen molar-refractivity contribution in [2.75, 3.05) is 31.0 Å². The number of hydrogen-bond donors (Lipinski definition) is 1. The SMILES string of the molecule is COc1ccc(OC)c(N2CC(C(=O)Nc3cc(Cl)ccc3C)CC2=O)c1. The number of hydrogen-bond acceptors (Lipinski definition) is 4. The minimum absolute atomic E-state index is 0.131. The quantitative estimate of drug-likeness (QED) is 0.848. The van der Waals surface area contributed by atoms with Crippen LogP contribution in [0.4, 0.5) is 11.4 Å². The molecule has 2 amide bonds. The van der Waals surface area contributed by atoms with Crippen molar-refractivity contribution in [2.45, 2.75) is 13.3 Å². The van der Waals surface area contributed by atoms with Crippen LogP contribution >= 0.6 is 11.6 Å². The molecule has 3 rings (SSSR count). The monoisotopic (exact) mass is 388 g/mol. The van der Waals surface area contributed by atoms with E-state index in [1.165, 1.54) is 7.11 Å². The van der Waals surface area contributed by atoms with Crippen molar-refractivity contribution in [1.29, 1.82) is 0 Å². The molecule has 142 valence electrons. The number of aryl methyl sites for hydroxylation is 1. The number of ether oxygens (including phenoxy) is 2. The maximum absolute atomic E-state index is 12.7. The molecule has 6 nitrogen and oxygen atoms in total. The van der Waals surface area contributed by atoms with E-state index >= 15 is 0 Å². The molecule has 0 radical (unpaired) electrons. The molecule has 27 heavy (non-hydrogen) atoms. The predicted octanol–water partition coefficient (Wildman–Crippen LogP) is 3.66. The maximum atomic E-state index is 12.7. The highest BCUT2D eigenvalue weighted by molar-refractivity contribution is 6.31. The van der Waals surface area contributed by atoms with Gasteiger partial charge in [-0.2, -0.15) is 0 Å². The summed E-state index contributed by atoms with van der Waals surface area (Å²) in [5.41, 5.74) is 2.15. The van der Waals surface area contributed by atoms with E-state index in [4.69, 9.17) is 21.1 Å². The topological polar surface area (TPSA) is 67.9 Å². The van der Waals surface area contributed by atoms with Crippen LogP contribution in [0, 0.1) is 12.8 Å². The van der Waals surface area contributed by atoms with Crippen LogP contribution < -0.4 is 19.7 Å². The summed E-state index contributed by atoms with van der Waals surface area (Å²) >= 11 is 6.01. The molecule has 7 heteroatoms. The smallest absolute Gasteiger partial charge is 0.229 e. The third-order valence-electron chi connectivity index (χ3n) is 4.63. The number of halogens is 1. The molecule has 1 saturated heterocycles. The number of benzene rings is 2. The zero-order valence-electron chi connectivity index (χ0n) is 15.4. The van der Waals surface area contributed by atoms with Gasteiger partial charge in [-0.1, -0.05) is 17.7 Å². The van der Waals surface area contributed by atoms with Crippen LogP contribution in [0.3, 0.4) is 0 Å². The Morgan fingerprint density at radius 1 is 1.19 bits per heavy atom. The molecule has 2 aromatic rings. The van der Waals surface area contributed by atoms with Crippen LogP contribution in [0.15, 0.2) is 36.4 Å². The van der Waals surface area contributed by atoms with Crippen LogP contribution in [-0.2, 0) is 9.59 Å². The van der Waals surface area contributed by atoms with E-state index in [0.717, 1.165) is 5.56 Å². The number of rotatable bonds is 5. The van der Waals surface area contributed by atoms with Crippen LogP contribution in [0.1, 0.15) is 12.0 Å². The number of methoxy groups -OCH3 is 2. The highest BCUT2D eigenvalue weighted by Crippen LogP contribution is 2.36. The summed E-state index contributed by atoms with van der Waals surface area (Å²) in [6, 6.07) is 10.5. The summed E-state index contributed by atoms with van der Waals surface area (Å²) in [7, 11) is 3.10. The standard InChI is InChI=1S/C20H21ClN2O4/c1-12-4-5-14(21)9-16(12)22-20(25)13-8-19(24)23(11-13)17-10-15(26-2)6-7-18(17)27-3/h4-7,9-10,13H,8,11H2,1-3H3,(H,22,25). The van der Waals surface area contributed by atoms with E-state index in [9.17, 15) is 9.59 Å². The molecule has 1 fully saturated rings. The van der Waals surface area contributed by atoms with Gasteiger partial charge < -0.3 is 19.7 Å². The number of anilines is 2. The fraction of sp³-hybridized carbons (Fsp3) is 0.300. The molecule has 1 unspecified atom stereocenters. The second-order valence-corrected chi connectivity index (χ2v) is 6.83. The van der Waals surface area contributed by atoms with E-state index in [1.54, 1.807) is 42.3 Å². The van der Waals surface area contributed by atoms with E-state index < -0.39 is 5.92 Å². The highest BCUT2D eigenvalue weighted by Gasteiger charge is 2.36. The average molecular weight is 389 g/mol. The summed E-state index contributed by atoms with van der Waals surface area (Å²) in [4.78, 5) is 26.8. The first-order chi connectivity index (χ1) is 12.9. The van der Waals surface area contributed by atoms with Gasteiger partial charge in [0.2, 0.25) is 11.8 Å². The zero-order chi connectivity index (χ0) is 19.6. The molecule has 0 saturated carbocycles. The molecule has 0 aliphatic carbocycles. The fourth-order valence-electron chi connectivity index (χ4n) is 3.09. The van der Waals surface area contributed by atoms with Crippen LogP contribution in [0.2, 0.25) is 5.02 Å². The molecule has 2 aromatic carbocycles. The average Bonchev–Trinajstić information content (AvgIpc) is 3.05. The summed E-state index contributed by atoms with van der Waals surface area (Å²) in [5, 5.41) is 3.42. The molecular weight excluding hydrogens is 368 g/mol. The van der Waals surface area contributed by atoms with Gasteiger partial charge in [0.05, 0.1) is 25.8 Å². The number of carbonyl (C=O) groups is 2. The van der Waals surface area contributed by atoms with Gasteiger partial charge in [-0.25, -0.2) is 0 Å². The molecular formula is C20H21ClN2O4. The minimum atomic E-state index is -0.466. The van der Waals surface area contributed by atoms with E-state index in [1.807, 2.05) is 13.0 Å². The van der Waals surface area contributed by atoms with Gasteiger partial charge in [0.1, 0.15) is 11.5 Å². The molecule has 1 heterocycles. The first-order valence-electron chi connectivity index (χ1n) is 8.52. The summed E-state index contributed by atoms with van der Waals surface area (Å²) < 4.78 is 10.6. The van der Waals surface area contributed by atoms with Crippen molar-refractivity contribution in [1.82, 2.24) is 0 Å². The van der Waals surface area contributed by atoms with Gasteiger partial charge in [0.25, 0.3) is 0 Å². The van der Waals surface area contributed by atoms with E-state index in [-0.39, 0.29) is 24.8 Å². The zero-order valence-corrected chi connectivity index (χ0v) is 16.2. The van der Waals surface area contributed by atoms with Gasteiger partial charge in [0, 0.05) is 29.7 Å². The maximum Gasteiger partial charge on any atom is 0.229 e. The Hall–Kier alpha value is -2.73. The van der Waals surface area contributed by atoms with Crippen molar-refractivity contribution >= 4 is 34.8 Å². The Morgan fingerprint density at radius 3 is 2.67 bits per heavy atom. The normalized spacial score (nSPS) is 16.4. The lowest BCUT2D eigenvalue weighted by atomic mass is 10.1. The Morgan fingerprint density at radius 2 is 1.96 bits per heavy atom. The van der Waals surface area contributed by atoms with Crippen molar-refractivity contribution in [3.63, 3.8) is 0 Å². The van der Waals surface area contributed by atoms with Crippen molar-refractivity contribution < 1.29 is 19.1 Å². The summed E-state index contributed by atoms with van der Waals surface area (Å²) in [5.74, 6) is 0.353. The summed E-state index contributed by atoms with van der Waals surface area (Å²) in [6.45, 7) is 2.16. The van der Waals surface area contributed by atoms with Gasteiger partial charge >= 0.3 is 0 Å². The molecule has 1 N–H and O–H groups in total. The predicted molar refractivity (Wildman–Crippen MR) is 105 cm³/mol. The van der Waals surface area contributed by atoms with Crippen LogP contribution in [-0.4, -0.2) is 32.6 Å². The third kappa shape index (κ3) is 4.01. The van der Waals surface area contributed by atoms with Gasteiger partial charge in [0.15, 0.2) is 0 Å². The lowest BCUT2D eigenvalue weighted by Gasteiger charge is -2.20. The van der Waals surface area contributed by atoms with Crippen molar-refractivity contribution in [2.24, 2.45) is 5.92 Å². The lowest BCUT2D eigenvalue weighted by Crippen LogP contribution is -2.28. The molecule has 0 bridgehead atoms. The fourth-order valence-corrected chi connectivity index (χ4v) is 3.26. The Kier molecular flexibility index (Phi) is 5.56. The van der Waals surface area contributed by atoms with E-state index in [0.29, 0.717) is 27.9 Å². The minimum Gasteiger partial charge on any atom is -0.497 e. The second kappa shape index (κ2) is 7.88. The van der Waals surface area contributed by atoms with Crippen LogP contribution in [0.5, 0.6) is 11.5 Å². The number of nitrogens with zero attached hydrogens (tertiary/aromatic N) is 1. The Bertz CT molecular complexity index is 884. The van der Waals surface area contributed by atoms with Crippen LogP contribution in [0.25, 0.3) is 0 Å². The Labute approximate surface area is 163 Å². The van der Waals surface area contributed by atoms with Gasteiger partial charge in [-0.05, 0) is 36.8 Å². The highest BCUT2D eigenvalue weighted by atomic mass is 35.5. The molecule has 1 atom stereocenters. The summed E-state index contributed by atoms with van der Waals surface area (Å²) in [6.07, 6.45) is 0.131. The van der Waals surface area contributed by atoms with E-state index in [2.05, 4.69) is 5.32 Å². The Balaban J connectivity index is 1.79. The first kappa shape index (κ1) is 19.0. The number of amides is 2. The molecule has 1 aliphatic rings. The largest absolute Gasteiger partial charge is 0.497 e. The molecule has 0 aromatic heterocycles. The van der Waals surface area contributed by atoms with Gasteiger partial charge in [-0.15, -0.1) is 0 Å². The number of carbonyl (C=O) groups excluding carboxylic acids is 2. The van der Waals surface area contributed by atoms with Gasteiger partial charge in [-0.3, -0.25) is 9.59 Å². The lowest BCUT2D eigenvalue weighted by molar-refractivity contribution is -0.122. The first-order valence-corrected chi connectivity index (χ1v) is 8.90. The second-order valence-electron chi connectivity index (χ2n) is 6.39.